The monoisotopic (exact) mass is 330 g/mol. The number of sulfonamides is 1. The summed E-state index contributed by atoms with van der Waals surface area (Å²) in [6.07, 6.45) is 0.856. The van der Waals surface area contributed by atoms with Crippen LogP contribution in [0.2, 0.25) is 0 Å². The van der Waals surface area contributed by atoms with Crippen LogP contribution in [-0.2, 0) is 19.6 Å². The van der Waals surface area contributed by atoms with Crippen molar-refractivity contribution in [3.05, 3.63) is 24.3 Å². The molecule has 22 heavy (non-hydrogen) atoms. The SMILES string of the molecule is CCCNC(=O)COc1ccc(S(=O)(=O)NCCOC)cc1. The highest BCUT2D eigenvalue weighted by Crippen LogP contribution is 2.15. The van der Waals surface area contributed by atoms with Crippen LogP contribution in [0.4, 0.5) is 0 Å². The van der Waals surface area contributed by atoms with Gasteiger partial charge in [0.1, 0.15) is 5.75 Å². The van der Waals surface area contributed by atoms with Gasteiger partial charge >= 0.3 is 0 Å². The molecule has 0 heterocycles. The van der Waals surface area contributed by atoms with Crippen molar-refractivity contribution in [2.75, 3.05) is 33.4 Å². The summed E-state index contributed by atoms with van der Waals surface area (Å²) in [5, 5.41) is 2.69. The normalized spacial score (nSPS) is 11.2. The standard InChI is InChI=1S/C14H22N2O5S/c1-3-8-15-14(17)11-21-12-4-6-13(7-5-12)22(18,19)16-9-10-20-2/h4-7,16H,3,8-11H2,1-2H3,(H,15,17). The van der Waals surface area contributed by atoms with Crippen molar-refractivity contribution >= 4 is 15.9 Å². The molecule has 0 spiro atoms. The zero-order chi connectivity index (χ0) is 16.4. The lowest BCUT2D eigenvalue weighted by Crippen LogP contribution is -2.29. The maximum absolute atomic E-state index is 11.9. The summed E-state index contributed by atoms with van der Waals surface area (Å²) in [6, 6.07) is 5.87. The minimum atomic E-state index is -3.56. The van der Waals surface area contributed by atoms with E-state index in [1.807, 2.05) is 6.92 Å². The largest absolute Gasteiger partial charge is 0.484 e. The Kier molecular flexibility index (Phi) is 7.86. The second-order valence-corrected chi connectivity index (χ2v) is 6.27. The fourth-order valence-electron chi connectivity index (χ4n) is 1.54. The number of rotatable bonds is 10. The van der Waals surface area contributed by atoms with Gasteiger partial charge in [-0.2, -0.15) is 0 Å². The molecule has 124 valence electrons. The molecule has 1 aromatic rings. The molecule has 0 atom stereocenters. The smallest absolute Gasteiger partial charge is 0.257 e. The van der Waals surface area contributed by atoms with Crippen molar-refractivity contribution in [3.63, 3.8) is 0 Å². The number of benzene rings is 1. The van der Waals surface area contributed by atoms with Crippen LogP contribution < -0.4 is 14.8 Å². The van der Waals surface area contributed by atoms with Gasteiger partial charge in [-0.25, -0.2) is 13.1 Å². The lowest BCUT2D eigenvalue weighted by molar-refractivity contribution is -0.123. The van der Waals surface area contributed by atoms with E-state index in [0.29, 0.717) is 18.9 Å². The first-order chi connectivity index (χ1) is 10.5. The molecule has 7 nitrogen and oxygen atoms in total. The van der Waals surface area contributed by atoms with Crippen LogP contribution >= 0.6 is 0 Å². The zero-order valence-electron chi connectivity index (χ0n) is 12.8. The summed E-state index contributed by atoms with van der Waals surface area (Å²) in [6.45, 7) is 2.97. The van der Waals surface area contributed by atoms with Gasteiger partial charge in [0, 0.05) is 20.2 Å². The van der Waals surface area contributed by atoms with Crippen molar-refractivity contribution < 1.29 is 22.7 Å². The van der Waals surface area contributed by atoms with Crippen molar-refractivity contribution in [2.24, 2.45) is 0 Å². The molecule has 0 aromatic heterocycles. The molecule has 1 rings (SSSR count). The lowest BCUT2D eigenvalue weighted by atomic mass is 10.3. The van der Waals surface area contributed by atoms with Crippen molar-refractivity contribution in [3.8, 4) is 5.75 Å². The predicted octanol–water partition coefficient (Wildman–Crippen LogP) is 0.516. The van der Waals surface area contributed by atoms with E-state index in [-0.39, 0.29) is 24.0 Å². The van der Waals surface area contributed by atoms with Gasteiger partial charge in [0.2, 0.25) is 10.0 Å². The lowest BCUT2D eigenvalue weighted by Gasteiger charge is -2.09. The number of carbonyl (C=O) groups excluding carboxylic acids is 1. The molecule has 0 bridgehead atoms. The van der Waals surface area contributed by atoms with E-state index in [1.54, 1.807) is 0 Å². The molecule has 0 saturated heterocycles. The zero-order valence-corrected chi connectivity index (χ0v) is 13.6. The van der Waals surface area contributed by atoms with E-state index < -0.39 is 10.0 Å². The summed E-state index contributed by atoms with van der Waals surface area (Å²) in [7, 11) is -2.06. The first-order valence-electron chi connectivity index (χ1n) is 6.97. The van der Waals surface area contributed by atoms with Gasteiger partial charge in [-0.3, -0.25) is 4.79 Å². The quantitative estimate of drug-likeness (QED) is 0.610. The Morgan fingerprint density at radius 2 is 1.86 bits per heavy atom. The van der Waals surface area contributed by atoms with Crippen LogP contribution in [0.3, 0.4) is 0 Å². The number of amides is 1. The Labute approximate surface area is 131 Å². The highest BCUT2D eigenvalue weighted by molar-refractivity contribution is 7.89. The van der Waals surface area contributed by atoms with Gasteiger partial charge in [0.25, 0.3) is 5.91 Å². The molecule has 0 aliphatic carbocycles. The number of hydrogen-bond donors (Lipinski definition) is 2. The van der Waals surface area contributed by atoms with Gasteiger partial charge < -0.3 is 14.8 Å². The molecule has 0 fully saturated rings. The highest BCUT2D eigenvalue weighted by Gasteiger charge is 2.13. The second kappa shape index (κ2) is 9.39. The van der Waals surface area contributed by atoms with Crippen LogP contribution in [0.1, 0.15) is 13.3 Å². The van der Waals surface area contributed by atoms with E-state index >= 15 is 0 Å². The summed E-state index contributed by atoms with van der Waals surface area (Å²) < 4.78 is 36.3. The third-order valence-electron chi connectivity index (χ3n) is 2.67. The second-order valence-electron chi connectivity index (χ2n) is 4.50. The maximum atomic E-state index is 11.9. The van der Waals surface area contributed by atoms with Gasteiger partial charge in [-0.05, 0) is 30.7 Å². The topological polar surface area (TPSA) is 93.7 Å². The molecular weight excluding hydrogens is 308 g/mol. The average Bonchev–Trinajstić information content (AvgIpc) is 2.51. The molecule has 0 saturated carbocycles. The summed E-state index contributed by atoms with van der Waals surface area (Å²) in [5.41, 5.74) is 0. The van der Waals surface area contributed by atoms with Crippen molar-refractivity contribution in [2.45, 2.75) is 18.2 Å². The Bertz CT molecular complexity index is 557. The summed E-state index contributed by atoms with van der Waals surface area (Å²) >= 11 is 0. The van der Waals surface area contributed by atoms with Crippen LogP contribution in [0, 0.1) is 0 Å². The molecule has 0 unspecified atom stereocenters. The fraction of sp³-hybridized carbons (Fsp3) is 0.500. The predicted molar refractivity (Wildman–Crippen MR) is 82.3 cm³/mol. The van der Waals surface area contributed by atoms with Crippen LogP contribution in [-0.4, -0.2) is 47.7 Å². The van der Waals surface area contributed by atoms with Gasteiger partial charge in [-0.15, -0.1) is 0 Å². The Morgan fingerprint density at radius 3 is 2.45 bits per heavy atom. The third kappa shape index (κ3) is 6.42. The number of hydrogen-bond acceptors (Lipinski definition) is 5. The average molecular weight is 330 g/mol. The van der Waals surface area contributed by atoms with Crippen LogP contribution in [0.5, 0.6) is 5.75 Å². The minimum Gasteiger partial charge on any atom is -0.484 e. The Morgan fingerprint density at radius 1 is 1.18 bits per heavy atom. The Balaban J connectivity index is 2.53. The van der Waals surface area contributed by atoms with E-state index in [0.717, 1.165) is 6.42 Å². The fourth-order valence-corrected chi connectivity index (χ4v) is 2.55. The highest BCUT2D eigenvalue weighted by atomic mass is 32.2. The Hall–Kier alpha value is -1.64. The molecule has 0 aliphatic rings. The minimum absolute atomic E-state index is 0.0990. The van der Waals surface area contributed by atoms with Gasteiger partial charge in [0.05, 0.1) is 11.5 Å². The van der Waals surface area contributed by atoms with Crippen LogP contribution in [0.25, 0.3) is 0 Å². The molecule has 1 amide bonds. The first kappa shape index (κ1) is 18.4. The molecule has 8 heteroatoms. The molecular formula is C14H22N2O5S. The van der Waals surface area contributed by atoms with Crippen LogP contribution in [0.15, 0.2) is 29.2 Å². The maximum Gasteiger partial charge on any atom is 0.257 e. The van der Waals surface area contributed by atoms with E-state index in [1.165, 1.54) is 31.4 Å². The molecule has 1 aromatic carbocycles. The van der Waals surface area contributed by atoms with E-state index in [9.17, 15) is 13.2 Å². The van der Waals surface area contributed by atoms with Gasteiger partial charge in [-0.1, -0.05) is 6.92 Å². The van der Waals surface area contributed by atoms with Crippen molar-refractivity contribution in [1.29, 1.82) is 0 Å². The summed E-state index contributed by atoms with van der Waals surface area (Å²) in [5.74, 6) is 0.224. The summed E-state index contributed by atoms with van der Waals surface area (Å²) in [4.78, 5) is 11.5. The first-order valence-corrected chi connectivity index (χ1v) is 8.46. The van der Waals surface area contributed by atoms with Gasteiger partial charge in [0.15, 0.2) is 6.61 Å². The number of ether oxygens (including phenoxy) is 2. The number of methoxy groups -OCH3 is 1. The molecule has 2 N–H and O–H groups in total. The number of nitrogens with one attached hydrogen (secondary N) is 2. The number of carbonyl (C=O) groups is 1. The van der Waals surface area contributed by atoms with E-state index in [2.05, 4.69) is 10.0 Å². The molecule has 0 aliphatic heterocycles. The van der Waals surface area contributed by atoms with E-state index in [4.69, 9.17) is 9.47 Å². The third-order valence-corrected chi connectivity index (χ3v) is 4.15. The molecule has 0 radical (unpaired) electrons. The van der Waals surface area contributed by atoms with Crippen molar-refractivity contribution in [1.82, 2.24) is 10.0 Å².